The number of anilines is 1. The van der Waals surface area contributed by atoms with Crippen LogP contribution in [0.4, 0.5) is 5.69 Å². The van der Waals surface area contributed by atoms with Gasteiger partial charge in [0.05, 0.1) is 11.7 Å². The molecule has 1 aromatic heterocycles. The summed E-state index contributed by atoms with van der Waals surface area (Å²) in [6.45, 7) is 1.97. The predicted octanol–water partition coefficient (Wildman–Crippen LogP) is 0.749. The van der Waals surface area contributed by atoms with Gasteiger partial charge in [0.1, 0.15) is 0 Å². The van der Waals surface area contributed by atoms with Crippen molar-refractivity contribution in [2.75, 3.05) is 5.32 Å². The average Bonchev–Trinajstić information content (AvgIpc) is 2.47. The van der Waals surface area contributed by atoms with Gasteiger partial charge in [-0.3, -0.25) is 9.36 Å². The van der Waals surface area contributed by atoms with E-state index in [2.05, 4.69) is 5.32 Å². The number of hydrogen-bond acceptors (Lipinski definition) is 4. The van der Waals surface area contributed by atoms with Crippen molar-refractivity contribution in [3.05, 3.63) is 62.4 Å². The molecule has 21 heavy (non-hydrogen) atoms. The molecule has 0 amide bonds. The maximum atomic E-state index is 12.0. The lowest BCUT2D eigenvalue weighted by atomic mass is 10.1. The summed E-state index contributed by atoms with van der Waals surface area (Å²) >= 11 is 0. The SMILES string of the molecule is CC(O)c1ccccc1NCc1cn(C)c(=O)n(C)c1=O. The number of nitrogens with one attached hydrogen (secondary N) is 1. The van der Waals surface area contributed by atoms with E-state index in [4.69, 9.17) is 0 Å². The maximum absolute atomic E-state index is 12.0. The smallest absolute Gasteiger partial charge is 0.330 e. The highest BCUT2D eigenvalue weighted by Crippen LogP contribution is 2.22. The summed E-state index contributed by atoms with van der Waals surface area (Å²) < 4.78 is 2.45. The molecule has 6 nitrogen and oxygen atoms in total. The molecule has 0 aliphatic heterocycles. The largest absolute Gasteiger partial charge is 0.389 e. The van der Waals surface area contributed by atoms with Gasteiger partial charge in [-0.15, -0.1) is 0 Å². The molecule has 0 spiro atoms. The lowest BCUT2D eigenvalue weighted by Crippen LogP contribution is -2.38. The van der Waals surface area contributed by atoms with Gasteiger partial charge >= 0.3 is 5.69 Å². The quantitative estimate of drug-likeness (QED) is 0.871. The Hall–Kier alpha value is -2.34. The third-order valence-corrected chi connectivity index (χ3v) is 3.40. The van der Waals surface area contributed by atoms with Gasteiger partial charge < -0.3 is 15.0 Å². The van der Waals surface area contributed by atoms with Gasteiger partial charge in [-0.1, -0.05) is 18.2 Å². The highest BCUT2D eigenvalue weighted by molar-refractivity contribution is 5.52. The number of aliphatic hydroxyl groups excluding tert-OH is 1. The van der Waals surface area contributed by atoms with Crippen LogP contribution in [0.2, 0.25) is 0 Å². The molecule has 2 N–H and O–H groups in total. The molecule has 0 aliphatic rings. The molecule has 112 valence electrons. The zero-order valence-corrected chi connectivity index (χ0v) is 12.3. The van der Waals surface area contributed by atoms with Gasteiger partial charge in [-0.05, 0) is 13.0 Å². The zero-order chi connectivity index (χ0) is 15.6. The molecule has 1 heterocycles. The first-order chi connectivity index (χ1) is 9.91. The highest BCUT2D eigenvalue weighted by atomic mass is 16.3. The molecule has 0 saturated carbocycles. The minimum Gasteiger partial charge on any atom is -0.389 e. The van der Waals surface area contributed by atoms with Crippen LogP contribution >= 0.6 is 0 Å². The number of rotatable bonds is 4. The summed E-state index contributed by atoms with van der Waals surface area (Å²) in [6.07, 6.45) is 0.930. The first kappa shape index (κ1) is 15.1. The van der Waals surface area contributed by atoms with Gasteiger partial charge in [-0.25, -0.2) is 4.79 Å². The van der Waals surface area contributed by atoms with Crippen molar-refractivity contribution in [3.63, 3.8) is 0 Å². The van der Waals surface area contributed by atoms with E-state index in [1.54, 1.807) is 14.0 Å². The Morgan fingerprint density at radius 3 is 2.57 bits per heavy atom. The first-order valence-electron chi connectivity index (χ1n) is 6.68. The van der Waals surface area contributed by atoms with Crippen LogP contribution in [0.15, 0.2) is 40.1 Å². The second-order valence-electron chi connectivity index (χ2n) is 5.03. The lowest BCUT2D eigenvalue weighted by molar-refractivity contribution is 0.200. The summed E-state index contributed by atoms with van der Waals surface area (Å²) in [4.78, 5) is 23.7. The Labute approximate surface area is 122 Å². The summed E-state index contributed by atoms with van der Waals surface area (Å²) in [5, 5.41) is 12.9. The van der Waals surface area contributed by atoms with E-state index in [1.165, 1.54) is 17.8 Å². The normalized spacial score (nSPS) is 12.2. The number of aliphatic hydroxyl groups is 1. The third kappa shape index (κ3) is 3.05. The highest BCUT2D eigenvalue weighted by Gasteiger charge is 2.09. The molecule has 1 aromatic carbocycles. The summed E-state index contributed by atoms with van der Waals surface area (Å²) in [5.41, 5.74) is 1.34. The van der Waals surface area contributed by atoms with Crippen LogP contribution < -0.4 is 16.6 Å². The van der Waals surface area contributed by atoms with Crippen molar-refractivity contribution in [3.8, 4) is 0 Å². The van der Waals surface area contributed by atoms with Gasteiger partial charge in [0, 0.05) is 38.1 Å². The van der Waals surface area contributed by atoms with Crippen molar-refractivity contribution < 1.29 is 5.11 Å². The van der Waals surface area contributed by atoms with Gasteiger partial charge in [0.2, 0.25) is 0 Å². The molecule has 0 saturated heterocycles. The van der Waals surface area contributed by atoms with E-state index in [9.17, 15) is 14.7 Å². The van der Waals surface area contributed by atoms with Gasteiger partial charge in [0.15, 0.2) is 0 Å². The summed E-state index contributed by atoms with van der Waals surface area (Å²) in [5.74, 6) is 0. The molecule has 2 aromatic rings. The fourth-order valence-corrected chi connectivity index (χ4v) is 2.22. The van der Waals surface area contributed by atoms with Crippen LogP contribution in [0.1, 0.15) is 24.2 Å². The van der Waals surface area contributed by atoms with Crippen LogP contribution in [-0.4, -0.2) is 14.2 Å². The molecular weight excluding hydrogens is 270 g/mol. The van der Waals surface area contributed by atoms with E-state index < -0.39 is 6.10 Å². The van der Waals surface area contributed by atoms with E-state index in [1.807, 2.05) is 24.3 Å². The number of benzene rings is 1. The van der Waals surface area contributed by atoms with Gasteiger partial charge in [0.25, 0.3) is 5.56 Å². The fourth-order valence-electron chi connectivity index (χ4n) is 2.22. The van der Waals surface area contributed by atoms with Crippen molar-refractivity contribution in [1.82, 2.24) is 9.13 Å². The Kier molecular flexibility index (Phi) is 4.28. The van der Waals surface area contributed by atoms with Crippen molar-refractivity contribution in [1.29, 1.82) is 0 Å². The number of nitrogens with zero attached hydrogens (tertiary/aromatic N) is 2. The van der Waals surface area contributed by atoms with Crippen molar-refractivity contribution >= 4 is 5.69 Å². The van der Waals surface area contributed by atoms with E-state index >= 15 is 0 Å². The first-order valence-corrected chi connectivity index (χ1v) is 6.68. The Morgan fingerprint density at radius 2 is 1.90 bits per heavy atom. The number of hydrogen-bond donors (Lipinski definition) is 2. The average molecular weight is 289 g/mol. The molecule has 0 aliphatic carbocycles. The van der Waals surface area contributed by atoms with Crippen LogP contribution in [-0.2, 0) is 20.6 Å². The Balaban J connectivity index is 2.30. The van der Waals surface area contributed by atoms with Crippen LogP contribution in [0.3, 0.4) is 0 Å². The van der Waals surface area contributed by atoms with E-state index in [0.29, 0.717) is 5.56 Å². The Morgan fingerprint density at radius 1 is 1.24 bits per heavy atom. The molecule has 0 bridgehead atoms. The Bertz CT molecular complexity index is 759. The van der Waals surface area contributed by atoms with Crippen LogP contribution in [0.5, 0.6) is 0 Å². The van der Waals surface area contributed by atoms with Crippen LogP contribution in [0.25, 0.3) is 0 Å². The maximum Gasteiger partial charge on any atom is 0.330 e. The molecule has 0 radical (unpaired) electrons. The predicted molar refractivity (Wildman–Crippen MR) is 81.3 cm³/mol. The second kappa shape index (κ2) is 5.97. The van der Waals surface area contributed by atoms with Crippen molar-refractivity contribution in [2.24, 2.45) is 14.1 Å². The number of para-hydroxylation sites is 1. The second-order valence-corrected chi connectivity index (χ2v) is 5.03. The molecule has 6 heteroatoms. The van der Waals surface area contributed by atoms with E-state index in [0.717, 1.165) is 15.8 Å². The lowest BCUT2D eigenvalue weighted by Gasteiger charge is -2.14. The number of aromatic nitrogens is 2. The standard InChI is InChI=1S/C15H19N3O3/c1-10(19)12-6-4-5-7-13(12)16-8-11-9-17(2)15(21)18(3)14(11)20/h4-7,9-10,16,19H,8H2,1-3H3. The number of aryl methyl sites for hydroxylation is 1. The molecular formula is C15H19N3O3. The fraction of sp³-hybridized carbons (Fsp3) is 0.333. The molecule has 2 rings (SSSR count). The summed E-state index contributed by atoms with van der Waals surface area (Å²) in [6, 6.07) is 7.37. The minimum atomic E-state index is -0.600. The molecule has 1 atom stereocenters. The summed E-state index contributed by atoms with van der Waals surface area (Å²) in [7, 11) is 3.06. The monoisotopic (exact) mass is 289 g/mol. The molecule has 1 unspecified atom stereocenters. The van der Waals surface area contributed by atoms with Crippen molar-refractivity contribution in [2.45, 2.75) is 19.6 Å². The minimum absolute atomic E-state index is 0.282. The zero-order valence-electron chi connectivity index (χ0n) is 12.3. The third-order valence-electron chi connectivity index (χ3n) is 3.40. The topological polar surface area (TPSA) is 76.3 Å². The molecule has 0 fully saturated rings. The van der Waals surface area contributed by atoms with Gasteiger partial charge in [-0.2, -0.15) is 0 Å². The van der Waals surface area contributed by atoms with E-state index in [-0.39, 0.29) is 17.8 Å². The van der Waals surface area contributed by atoms with Crippen LogP contribution in [0, 0.1) is 0 Å².